The zero-order chi connectivity index (χ0) is 15.4. The van der Waals surface area contributed by atoms with Crippen molar-refractivity contribution < 1.29 is 19.1 Å². The number of carbonyl (C=O) groups excluding carboxylic acids is 2. The van der Waals surface area contributed by atoms with E-state index in [0.717, 1.165) is 0 Å². The van der Waals surface area contributed by atoms with E-state index >= 15 is 0 Å². The van der Waals surface area contributed by atoms with E-state index in [1.165, 1.54) is 7.11 Å². The van der Waals surface area contributed by atoms with Gasteiger partial charge in [-0.1, -0.05) is 25.1 Å². The van der Waals surface area contributed by atoms with E-state index in [1.807, 2.05) is 25.1 Å². The number of allylic oxidation sites excluding steroid dienone is 1. The molecule has 0 radical (unpaired) electrons. The van der Waals surface area contributed by atoms with Gasteiger partial charge in [0.1, 0.15) is 5.75 Å². The van der Waals surface area contributed by atoms with Gasteiger partial charge in [-0.15, -0.1) is 0 Å². The van der Waals surface area contributed by atoms with Gasteiger partial charge in [0.2, 0.25) is 0 Å². The lowest BCUT2D eigenvalue weighted by Crippen LogP contribution is -2.45. The Balaban J connectivity index is 2.57. The molecule has 0 aliphatic carbocycles. The third-order valence-electron chi connectivity index (χ3n) is 3.36. The number of urea groups is 1. The number of hydrogen-bond donors (Lipinski definition) is 2. The van der Waals surface area contributed by atoms with Crippen molar-refractivity contribution in [2.75, 3.05) is 14.2 Å². The summed E-state index contributed by atoms with van der Waals surface area (Å²) in [5, 5.41) is 5.40. The molecule has 2 amide bonds. The maximum atomic E-state index is 12.1. The fourth-order valence-electron chi connectivity index (χ4n) is 2.39. The second-order valence-electron chi connectivity index (χ2n) is 4.51. The zero-order valence-electron chi connectivity index (χ0n) is 12.2. The molecule has 1 aliphatic rings. The molecule has 0 fully saturated rings. The van der Waals surface area contributed by atoms with Crippen LogP contribution in [-0.4, -0.2) is 26.2 Å². The van der Waals surface area contributed by atoms with Crippen LogP contribution in [0.3, 0.4) is 0 Å². The van der Waals surface area contributed by atoms with Crippen molar-refractivity contribution in [1.29, 1.82) is 0 Å². The Labute approximate surface area is 123 Å². The van der Waals surface area contributed by atoms with Gasteiger partial charge in [0.05, 0.1) is 25.8 Å². The van der Waals surface area contributed by atoms with E-state index in [2.05, 4.69) is 10.6 Å². The Kier molecular flexibility index (Phi) is 4.47. The van der Waals surface area contributed by atoms with E-state index in [9.17, 15) is 9.59 Å². The summed E-state index contributed by atoms with van der Waals surface area (Å²) < 4.78 is 10.2. The predicted octanol–water partition coefficient (Wildman–Crippen LogP) is 1.89. The molecule has 6 heteroatoms. The molecule has 21 heavy (non-hydrogen) atoms. The molecule has 0 spiro atoms. The molecule has 0 saturated heterocycles. The maximum absolute atomic E-state index is 12.1. The van der Waals surface area contributed by atoms with Crippen molar-refractivity contribution >= 4 is 12.0 Å². The summed E-state index contributed by atoms with van der Waals surface area (Å²) >= 11 is 0. The quantitative estimate of drug-likeness (QED) is 0.830. The van der Waals surface area contributed by atoms with Gasteiger partial charge in [-0.25, -0.2) is 9.59 Å². The van der Waals surface area contributed by atoms with E-state index in [-0.39, 0.29) is 6.03 Å². The van der Waals surface area contributed by atoms with Gasteiger partial charge >= 0.3 is 12.0 Å². The molecule has 112 valence electrons. The third-order valence-corrected chi connectivity index (χ3v) is 3.36. The first kappa shape index (κ1) is 14.9. The highest BCUT2D eigenvalue weighted by Crippen LogP contribution is 2.33. The first-order chi connectivity index (χ1) is 10.1. The van der Waals surface area contributed by atoms with Crippen LogP contribution in [0, 0.1) is 0 Å². The Morgan fingerprint density at radius 1 is 1.29 bits per heavy atom. The third kappa shape index (κ3) is 2.84. The van der Waals surface area contributed by atoms with Crippen LogP contribution in [0.2, 0.25) is 0 Å². The van der Waals surface area contributed by atoms with Crippen LogP contribution in [0.5, 0.6) is 5.75 Å². The Morgan fingerprint density at radius 2 is 2.00 bits per heavy atom. The molecule has 1 heterocycles. The van der Waals surface area contributed by atoms with Gasteiger partial charge in [-0.2, -0.15) is 0 Å². The molecule has 0 saturated carbocycles. The van der Waals surface area contributed by atoms with Gasteiger partial charge in [0, 0.05) is 11.3 Å². The molecular formula is C15H18N2O4. The normalized spacial score (nSPS) is 17.9. The number of ether oxygens (including phenoxy) is 2. The second kappa shape index (κ2) is 6.30. The summed E-state index contributed by atoms with van der Waals surface area (Å²) in [5.74, 6) is 0.122. The number of amides is 2. The number of benzene rings is 1. The summed E-state index contributed by atoms with van der Waals surface area (Å²) in [6.07, 6.45) is 0.517. The lowest BCUT2D eigenvalue weighted by Gasteiger charge is -2.29. The monoisotopic (exact) mass is 290 g/mol. The number of rotatable bonds is 4. The summed E-state index contributed by atoms with van der Waals surface area (Å²) in [6.45, 7) is 1.86. The summed E-state index contributed by atoms with van der Waals surface area (Å²) in [6, 6.07) is 6.29. The molecule has 0 bridgehead atoms. The topological polar surface area (TPSA) is 76.7 Å². The summed E-state index contributed by atoms with van der Waals surface area (Å²) in [5.41, 5.74) is 1.66. The minimum absolute atomic E-state index is 0.351. The first-order valence-corrected chi connectivity index (χ1v) is 6.64. The first-order valence-electron chi connectivity index (χ1n) is 6.64. The van der Waals surface area contributed by atoms with E-state index in [1.54, 1.807) is 13.2 Å². The smallest absolute Gasteiger partial charge is 0.337 e. The van der Waals surface area contributed by atoms with E-state index in [4.69, 9.17) is 9.47 Å². The van der Waals surface area contributed by atoms with Crippen molar-refractivity contribution in [1.82, 2.24) is 10.6 Å². The van der Waals surface area contributed by atoms with Gasteiger partial charge < -0.3 is 20.1 Å². The highest BCUT2D eigenvalue weighted by Gasteiger charge is 2.34. The average Bonchev–Trinajstić information content (AvgIpc) is 2.53. The van der Waals surface area contributed by atoms with E-state index < -0.39 is 12.0 Å². The maximum Gasteiger partial charge on any atom is 0.337 e. The van der Waals surface area contributed by atoms with Gasteiger partial charge in [-0.05, 0) is 12.5 Å². The van der Waals surface area contributed by atoms with Crippen molar-refractivity contribution in [2.24, 2.45) is 0 Å². The van der Waals surface area contributed by atoms with Crippen LogP contribution in [0.1, 0.15) is 24.9 Å². The van der Waals surface area contributed by atoms with Gasteiger partial charge in [0.25, 0.3) is 0 Å². The van der Waals surface area contributed by atoms with Crippen LogP contribution < -0.4 is 15.4 Å². The van der Waals surface area contributed by atoms with Crippen molar-refractivity contribution in [3.63, 3.8) is 0 Å². The molecule has 1 aliphatic heterocycles. The Bertz CT molecular complexity index is 595. The molecule has 1 unspecified atom stereocenters. The number of carbonyl (C=O) groups is 2. The second-order valence-corrected chi connectivity index (χ2v) is 4.51. The number of para-hydroxylation sites is 1. The lowest BCUT2D eigenvalue weighted by molar-refractivity contribution is -0.136. The molecule has 0 aromatic heterocycles. The molecule has 1 aromatic rings. The Hall–Kier alpha value is -2.50. The number of hydrogen-bond acceptors (Lipinski definition) is 4. The van der Waals surface area contributed by atoms with Crippen LogP contribution in [0.4, 0.5) is 4.79 Å². The lowest BCUT2D eigenvalue weighted by atomic mass is 9.94. The fraction of sp³-hybridized carbons (Fsp3) is 0.333. The molecule has 6 nitrogen and oxygen atoms in total. The predicted molar refractivity (Wildman–Crippen MR) is 76.7 cm³/mol. The Morgan fingerprint density at radius 3 is 2.62 bits per heavy atom. The van der Waals surface area contributed by atoms with Crippen LogP contribution >= 0.6 is 0 Å². The average molecular weight is 290 g/mol. The molecular weight excluding hydrogens is 272 g/mol. The summed E-state index contributed by atoms with van der Waals surface area (Å²) in [7, 11) is 2.86. The summed E-state index contributed by atoms with van der Waals surface area (Å²) in [4.78, 5) is 23.9. The zero-order valence-corrected chi connectivity index (χ0v) is 12.2. The molecule has 2 rings (SSSR count). The largest absolute Gasteiger partial charge is 0.496 e. The van der Waals surface area contributed by atoms with Gasteiger partial charge in [0.15, 0.2) is 0 Å². The van der Waals surface area contributed by atoms with E-state index in [0.29, 0.717) is 29.0 Å². The fourth-order valence-corrected chi connectivity index (χ4v) is 2.39. The minimum atomic E-state index is -0.600. The highest BCUT2D eigenvalue weighted by molar-refractivity contribution is 5.95. The number of methoxy groups -OCH3 is 2. The van der Waals surface area contributed by atoms with Crippen LogP contribution in [0.15, 0.2) is 35.5 Å². The molecule has 1 aromatic carbocycles. The van der Waals surface area contributed by atoms with Crippen LogP contribution in [0.25, 0.3) is 0 Å². The van der Waals surface area contributed by atoms with Crippen molar-refractivity contribution in [3.05, 3.63) is 41.1 Å². The van der Waals surface area contributed by atoms with Crippen molar-refractivity contribution in [3.8, 4) is 5.75 Å². The standard InChI is InChI=1S/C15H18N2O4/c1-4-10-12(14(18)21-3)13(17-15(19)16-10)9-7-5-6-8-11(9)20-2/h5-8,13H,4H2,1-3H3,(H2,16,17,19). The minimum Gasteiger partial charge on any atom is -0.496 e. The van der Waals surface area contributed by atoms with Crippen molar-refractivity contribution in [2.45, 2.75) is 19.4 Å². The van der Waals surface area contributed by atoms with Gasteiger partial charge in [-0.3, -0.25) is 0 Å². The number of nitrogens with one attached hydrogen (secondary N) is 2. The number of esters is 1. The highest BCUT2D eigenvalue weighted by atomic mass is 16.5. The molecule has 2 N–H and O–H groups in total. The SMILES string of the molecule is CCC1=C(C(=O)OC)C(c2ccccc2OC)NC(=O)N1. The molecule has 1 atom stereocenters. The van der Waals surface area contributed by atoms with Crippen LogP contribution in [-0.2, 0) is 9.53 Å².